The van der Waals surface area contributed by atoms with E-state index in [0.29, 0.717) is 43.1 Å². The molecule has 152 valence electrons. The average molecular weight is 387 g/mol. The van der Waals surface area contributed by atoms with Gasteiger partial charge in [-0.25, -0.2) is 4.79 Å². The molecule has 2 aliphatic heterocycles. The zero-order valence-corrected chi connectivity index (χ0v) is 16.8. The van der Waals surface area contributed by atoms with Gasteiger partial charge in [-0.1, -0.05) is 0 Å². The Morgan fingerprint density at radius 1 is 0.893 bits per heavy atom. The average Bonchev–Trinajstić information content (AvgIpc) is 2.73. The number of likely N-dealkylation sites (tertiary alicyclic amines) is 1. The molecule has 2 heterocycles. The van der Waals surface area contributed by atoms with E-state index in [1.54, 1.807) is 30.2 Å². The van der Waals surface area contributed by atoms with Crippen molar-refractivity contribution in [1.29, 1.82) is 0 Å². The minimum Gasteiger partial charge on any atom is -0.496 e. The topological polar surface area (TPSA) is 70.2 Å². The maximum atomic E-state index is 12.8. The zero-order valence-electron chi connectivity index (χ0n) is 16.8. The molecule has 0 spiro atoms. The molecule has 0 atom stereocenters. The van der Waals surface area contributed by atoms with E-state index >= 15 is 0 Å². The number of hydrogen-bond acceptors (Lipinski definition) is 4. The van der Waals surface area contributed by atoms with Crippen LogP contribution in [0.3, 0.4) is 0 Å². The number of piperazine rings is 1. The highest BCUT2D eigenvalue weighted by Gasteiger charge is 2.28. The Morgan fingerprint density at radius 3 is 2.11 bits per heavy atom. The number of carbonyl (C=O) groups is 3. The molecule has 0 saturated carbocycles. The van der Waals surface area contributed by atoms with Gasteiger partial charge in [-0.2, -0.15) is 0 Å². The van der Waals surface area contributed by atoms with Crippen molar-refractivity contribution in [1.82, 2.24) is 14.7 Å². The third-order valence-electron chi connectivity index (χ3n) is 5.56. The molecule has 2 saturated heterocycles. The van der Waals surface area contributed by atoms with Gasteiger partial charge in [0.2, 0.25) is 5.91 Å². The fourth-order valence-corrected chi connectivity index (χ4v) is 3.84. The van der Waals surface area contributed by atoms with Crippen molar-refractivity contribution in [3.8, 4) is 5.75 Å². The number of carbonyl (C=O) groups excluding carboxylic acids is 3. The first kappa shape index (κ1) is 20.2. The van der Waals surface area contributed by atoms with E-state index in [1.807, 2.05) is 9.80 Å². The number of hydrogen-bond donors (Lipinski definition) is 0. The number of Topliss-reactive ketones (excluding diaryl/α,β-unsaturated/α-hetero) is 1. The van der Waals surface area contributed by atoms with Crippen molar-refractivity contribution in [2.75, 3.05) is 46.4 Å². The summed E-state index contributed by atoms with van der Waals surface area (Å²) in [5, 5.41) is 0. The summed E-state index contributed by atoms with van der Waals surface area (Å²) in [5.41, 5.74) is 1.28. The number of methoxy groups -OCH3 is 1. The van der Waals surface area contributed by atoms with E-state index in [4.69, 9.17) is 4.74 Å². The van der Waals surface area contributed by atoms with Crippen molar-refractivity contribution >= 4 is 17.7 Å². The number of amides is 3. The number of ether oxygens (including phenoxy) is 1. The van der Waals surface area contributed by atoms with Crippen LogP contribution in [0.2, 0.25) is 0 Å². The van der Waals surface area contributed by atoms with Gasteiger partial charge in [-0.05, 0) is 44.4 Å². The Morgan fingerprint density at radius 2 is 1.50 bits per heavy atom. The van der Waals surface area contributed by atoms with Crippen LogP contribution in [0.4, 0.5) is 4.79 Å². The van der Waals surface area contributed by atoms with Gasteiger partial charge >= 0.3 is 6.03 Å². The summed E-state index contributed by atoms with van der Waals surface area (Å²) in [4.78, 5) is 42.6. The van der Waals surface area contributed by atoms with Gasteiger partial charge in [0.25, 0.3) is 0 Å². The number of piperidine rings is 1. The molecule has 0 bridgehead atoms. The molecule has 3 amide bonds. The van der Waals surface area contributed by atoms with Gasteiger partial charge in [0.1, 0.15) is 5.75 Å². The molecule has 7 heteroatoms. The molecule has 1 aromatic rings. The second kappa shape index (κ2) is 9.08. The van der Waals surface area contributed by atoms with Gasteiger partial charge in [-0.3, -0.25) is 9.59 Å². The molecule has 0 aromatic heterocycles. The second-order valence-corrected chi connectivity index (χ2v) is 7.46. The lowest BCUT2D eigenvalue weighted by molar-refractivity contribution is -0.132. The lowest BCUT2D eigenvalue weighted by Crippen LogP contribution is -2.54. The summed E-state index contributed by atoms with van der Waals surface area (Å²) < 4.78 is 5.34. The normalized spacial score (nSPS) is 17.4. The van der Waals surface area contributed by atoms with E-state index in [1.165, 1.54) is 13.3 Å². The predicted molar refractivity (Wildman–Crippen MR) is 106 cm³/mol. The van der Waals surface area contributed by atoms with E-state index in [9.17, 15) is 14.4 Å². The fourth-order valence-electron chi connectivity index (χ4n) is 3.84. The fraction of sp³-hybridized carbons (Fsp3) is 0.571. The summed E-state index contributed by atoms with van der Waals surface area (Å²) in [5.74, 6) is 0.558. The van der Waals surface area contributed by atoms with Gasteiger partial charge in [0.05, 0.1) is 13.5 Å². The Bertz CT molecular complexity index is 735. The molecule has 0 aliphatic carbocycles. The van der Waals surface area contributed by atoms with Gasteiger partial charge in [-0.15, -0.1) is 0 Å². The maximum absolute atomic E-state index is 12.8. The van der Waals surface area contributed by atoms with Crippen LogP contribution in [-0.2, 0) is 11.2 Å². The van der Waals surface area contributed by atoms with Crippen LogP contribution in [0, 0.1) is 0 Å². The van der Waals surface area contributed by atoms with Gasteiger partial charge in [0.15, 0.2) is 5.78 Å². The molecule has 2 aliphatic rings. The summed E-state index contributed by atoms with van der Waals surface area (Å²) >= 11 is 0. The van der Waals surface area contributed by atoms with Crippen LogP contribution < -0.4 is 4.74 Å². The van der Waals surface area contributed by atoms with E-state index in [0.717, 1.165) is 25.9 Å². The van der Waals surface area contributed by atoms with E-state index < -0.39 is 0 Å². The minimum absolute atomic E-state index is 0.0101. The lowest BCUT2D eigenvalue weighted by atomic mass is 10.0. The second-order valence-electron chi connectivity index (χ2n) is 7.46. The maximum Gasteiger partial charge on any atom is 0.320 e. The first-order chi connectivity index (χ1) is 13.5. The van der Waals surface area contributed by atoms with Crippen molar-refractivity contribution in [3.05, 3.63) is 29.3 Å². The highest BCUT2D eigenvalue weighted by atomic mass is 16.5. The first-order valence-electron chi connectivity index (χ1n) is 9.99. The minimum atomic E-state index is -0.0406. The van der Waals surface area contributed by atoms with Crippen molar-refractivity contribution < 1.29 is 19.1 Å². The van der Waals surface area contributed by atoms with Crippen molar-refractivity contribution in [2.45, 2.75) is 32.6 Å². The van der Waals surface area contributed by atoms with Crippen LogP contribution in [0.1, 0.15) is 42.1 Å². The number of rotatable bonds is 4. The Kier molecular flexibility index (Phi) is 6.54. The molecule has 0 radical (unpaired) electrons. The van der Waals surface area contributed by atoms with Crippen LogP contribution in [0.15, 0.2) is 18.2 Å². The molecule has 28 heavy (non-hydrogen) atoms. The number of benzene rings is 1. The summed E-state index contributed by atoms with van der Waals surface area (Å²) in [6, 6.07) is 5.27. The molecule has 1 aromatic carbocycles. The van der Waals surface area contributed by atoms with Crippen LogP contribution in [-0.4, -0.2) is 78.8 Å². The highest BCUT2D eigenvalue weighted by Crippen LogP contribution is 2.22. The number of ketones is 1. The molecule has 0 N–H and O–H groups in total. The molecule has 0 unspecified atom stereocenters. The summed E-state index contributed by atoms with van der Waals surface area (Å²) in [6.07, 6.45) is 3.53. The summed E-state index contributed by atoms with van der Waals surface area (Å²) in [6.45, 7) is 5.37. The standard InChI is InChI=1S/C21H29N3O4/c1-16(25)17-6-7-19(28-2)18(14-17)15-20(26)22-10-12-24(13-11-22)21(27)23-8-4-3-5-9-23/h6-7,14H,3-5,8-13,15H2,1-2H3. The largest absolute Gasteiger partial charge is 0.496 e. The van der Waals surface area contributed by atoms with Gasteiger partial charge in [0, 0.05) is 50.4 Å². The van der Waals surface area contributed by atoms with Crippen LogP contribution in [0.5, 0.6) is 5.75 Å². The Labute approximate surface area is 166 Å². The SMILES string of the molecule is COc1ccc(C(C)=O)cc1CC(=O)N1CCN(C(=O)N2CCCCC2)CC1. The molecular formula is C21H29N3O4. The zero-order chi connectivity index (χ0) is 20.1. The molecule has 2 fully saturated rings. The highest BCUT2D eigenvalue weighted by molar-refractivity contribution is 5.94. The number of nitrogens with zero attached hydrogens (tertiary/aromatic N) is 3. The Hall–Kier alpha value is -2.57. The van der Waals surface area contributed by atoms with E-state index in [-0.39, 0.29) is 24.1 Å². The monoisotopic (exact) mass is 387 g/mol. The van der Waals surface area contributed by atoms with Crippen LogP contribution in [0.25, 0.3) is 0 Å². The van der Waals surface area contributed by atoms with Crippen molar-refractivity contribution in [2.24, 2.45) is 0 Å². The smallest absolute Gasteiger partial charge is 0.320 e. The van der Waals surface area contributed by atoms with Crippen LogP contribution >= 0.6 is 0 Å². The third-order valence-corrected chi connectivity index (χ3v) is 5.56. The molecule has 7 nitrogen and oxygen atoms in total. The van der Waals surface area contributed by atoms with E-state index in [2.05, 4.69) is 0 Å². The quantitative estimate of drug-likeness (QED) is 0.743. The third kappa shape index (κ3) is 4.64. The lowest BCUT2D eigenvalue weighted by Gasteiger charge is -2.38. The first-order valence-corrected chi connectivity index (χ1v) is 9.99. The van der Waals surface area contributed by atoms with Gasteiger partial charge < -0.3 is 19.4 Å². The predicted octanol–water partition coefficient (Wildman–Crippen LogP) is 2.19. The molecule has 3 rings (SSSR count). The molecular weight excluding hydrogens is 358 g/mol. The number of urea groups is 1. The Balaban J connectivity index is 1.57. The summed E-state index contributed by atoms with van der Waals surface area (Å²) in [7, 11) is 1.56. The van der Waals surface area contributed by atoms with Crippen molar-refractivity contribution in [3.63, 3.8) is 0 Å².